The number of ether oxygens (including phenoxy) is 2. The average molecular weight is 382 g/mol. The van der Waals surface area contributed by atoms with Crippen molar-refractivity contribution in [2.24, 2.45) is 0 Å². The molecule has 3 rings (SSSR count). The van der Waals surface area contributed by atoms with Crippen LogP contribution in [0.3, 0.4) is 0 Å². The first-order chi connectivity index (χ1) is 13.5. The number of halogens is 2. The highest BCUT2D eigenvalue weighted by molar-refractivity contribution is 5.75. The fraction of sp³-hybridized carbons (Fsp3) is 0.174. The molecule has 28 heavy (non-hydrogen) atoms. The molecule has 0 N–H and O–H groups in total. The van der Waals surface area contributed by atoms with Gasteiger partial charge in [0.2, 0.25) is 0 Å². The zero-order valence-corrected chi connectivity index (χ0v) is 15.5. The van der Waals surface area contributed by atoms with E-state index in [0.717, 1.165) is 11.1 Å². The molecule has 0 bridgehead atoms. The molecule has 0 aromatic heterocycles. The lowest BCUT2D eigenvalue weighted by Gasteiger charge is -2.13. The van der Waals surface area contributed by atoms with Gasteiger partial charge < -0.3 is 14.3 Å². The third-order valence-electron chi connectivity index (χ3n) is 4.16. The highest BCUT2D eigenvalue weighted by atomic mass is 19.1. The fourth-order valence-corrected chi connectivity index (χ4v) is 2.65. The predicted molar refractivity (Wildman–Crippen MR) is 103 cm³/mol. The van der Waals surface area contributed by atoms with Crippen molar-refractivity contribution in [3.63, 3.8) is 0 Å². The molecule has 0 saturated carbocycles. The molecule has 0 fully saturated rings. The third kappa shape index (κ3) is 5.39. The Hall–Kier alpha value is -3.21. The van der Waals surface area contributed by atoms with E-state index in [1.165, 1.54) is 37.3 Å². The fourth-order valence-electron chi connectivity index (χ4n) is 2.65. The van der Waals surface area contributed by atoms with Crippen molar-refractivity contribution in [3.05, 3.63) is 89.5 Å². The maximum atomic E-state index is 14.3. The topological polar surface area (TPSA) is 35.5 Å². The lowest BCUT2D eigenvalue weighted by molar-refractivity contribution is -0.116. The molecule has 3 aromatic carbocycles. The van der Waals surface area contributed by atoms with Gasteiger partial charge in [-0.2, -0.15) is 0 Å². The van der Waals surface area contributed by atoms with Gasteiger partial charge in [-0.15, -0.1) is 0 Å². The normalized spacial score (nSPS) is 10.5. The summed E-state index contributed by atoms with van der Waals surface area (Å²) in [6.45, 7) is 1.63. The van der Waals surface area contributed by atoms with E-state index < -0.39 is 5.82 Å². The van der Waals surface area contributed by atoms with Crippen LogP contribution in [0.25, 0.3) is 0 Å². The second-order valence-corrected chi connectivity index (χ2v) is 6.42. The molecule has 3 aromatic rings. The van der Waals surface area contributed by atoms with Gasteiger partial charge in [0.1, 0.15) is 29.7 Å². The Morgan fingerprint density at radius 1 is 0.929 bits per heavy atom. The number of hydrogen-bond acceptors (Lipinski definition) is 3. The monoisotopic (exact) mass is 382 g/mol. The lowest BCUT2D eigenvalue weighted by atomic mass is 10.1. The van der Waals surface area contributed by atoms with Gasteiger partial charge in [-0.25, -0.2) is 8.78 Å². The number of para-hydroxylation sites is 1. The van der Waals surface area contributed by atoms with Crippen molar-refractivity contribution in [3.8, 4) is 17.2 Å². The van der Waals surface area contributed by atoms with E-state index in [4.69, 9.17) is 9.47 Å². The first-order valence-corrected chi connectivity index (χ1v) is 8.93. The molecular formula is C23H20F2O3. The second kappa shape index (κ2) is 9.13. The summed E-state index contributed by atoms with van der Waals surface area (Å²) in [5.74, 6) is 0.424. The molecule has 0 heterocycles. The van der Waals surface area contributed by atoms with Gasteiger partial charge in [0.05, 0.1) is 0 Å². The molecule has 0 amide bonds. The number of rotatable bonds is 8. The molecular weight excluding hydrogens is 362 g/mol. The predicted octanol–water partition coefficient (Wildman–Crippen LogP) is 5.86. The summed E-state index contributed by atoms with van der Waals surface area (Å²) in [4.78, 5) is 11.1. The van der Waals surface area contributed by atoms with Crippen molar-refractivity contribution in [1.29, 1.82) is 0 Å². The summed E-state index contributed by atoms with van der Waals surface area (Å²) < 4.78 is 38.7. The standard InChI is InChI=1S/C23H20F2O3/c1-16(26)6-7-17-8-13-23(21(25)14-17)27-15-18-4-2-3-5-22(18)28-20-11-9-19(24)10-12-20/h2-5,8-14H,6-7,15H2,1H3. The van der Waals surface area contributed by atoms with Gasteiger partial charge in [0.25, 0.3) is 0 Å². The van der Waals surface area contributed by atoms with Crippen LogP contribution in [0.5, 0.6) is 17.2 Å². The summed E-state index contributed by atoms with van der Waals surface area (Å²) in [6, 6.07) is 17.6. The minimum atomic E-state index is -0.474. The molecule has 0 saturated heterocycles. The Morgan fingerprint density at radius 2 is 1.68 bits per heavy atom. The first kappa shape index (κ1) is 19.5. The van der Waals surface area contributed by atoms with E-state index in [2.05, 4.69) is 0 Å². The summed E-state index contributed by atoms with van der Waals surface area (Å²) in [6.07, 6.45) is 0.884. The number of benzene rings is 3. The SMILES string of the molecule is CC(=O)CCc1ccc(OCc2ccccc2Oc2ccc(F)cc2)c(F)c1. The number of carbonyl (C=O) groups excluding carboxylic acids is 1. The van der Waals surface area contributed by atoms with Crippen LogP contribution in [-0.2, 0) is 17.8 Å². The molecule has 0 unspecified atom stereocenters. The van der Waals surface area contributed by atoms with Gasteiger partial charge in [0, 0.05) is 12.0 Å². The molecule has 0 spiro atoms. The van der Waals surface area contributed by atoms with E-state index in [9.17, 15) is 13.6 Å². The Morgan fingerprint density at radius 3 is 2.39 bits per heavy atom. The lowest BCUT2D eigenvalue weighted by Crippen LogP contribution is -2.01. The van der Waals surface area contributed by atoms with E-state index in [-0.39, 0.29) is 24.0 Å². The first-order valence-electron chi connectivity index (χ1n) is 8.93. The second-order valence-electron chi connectivity index (χ2n) is 6.42. The zero-order chi connectivity index (χ0) is 19.9. The van der Waals surface area contributed by atoms with Gasteiger partial charge in [-0.1, -0.05) is 24.3 Å². The molecule has 0 radical (unpaired) electrons. The Labute approximate surface area is 162 Å². The van der Waals surface area contributed by atoms with Gasteiger partial charge in [0.15, 0.2) is 11.6 Å². The van der Waals surface area contributed by atoms with Crippen LogP contribution < -0.4 is 9.47 Å². The van der Waals surface area contributed by atoms with Crippen LogP contribution >= 0.6 is 0 Å². The van der Waals surface area contributed by atoms with Crippen LogP contribution in [0.2, 0.25) is 0 Å². The Balaban J connectivity index is 1.67. The Bertz CT molecular complexity index is 952. The zero-order valence-electron chi connectivity index (χ0n) is 15.5. The van der Waals surface area contributed by atoms with Crippen molar-refractivity contribution in [2.75, 3.05) is 0 Å². The van der Waals surface area contributed by atoms with Crippen molar-refractivity contribution >= 4 is 5.78 Å². The maximum absolute atomic E-state index is 14.3. The van der Waals surface area contributed by atoms with Gasteiger partial charge >= 0.3 is 0 Å². The molecule has 0 aliphatic heterocycles. The largest absolute Gasteiger partial charge is 0.486 e. The molecule has 3 nitrogen and oxygen atoms in total. The highest BCUT2D eigenvalue weighted by Gasteiger charge is 2.09. The molecule has 0 aliphatic rings. The number of Topliss-reactive ketones (excluding diaryl/α,β-unsaturated/α-hetero) is 1. The average Bonchev–Trinajstić information content (AvgIpc) is 2.68. The molecule has 144 valence electrons. The van der Waals surface area contributed by atoms with Crippen LogP contribution in [0.4, 0.5) is 8.78 Å². The summed E-state index contributed by atoms with van der Waals surface area (Å²) in [5, 5.41) is 0. The quantitative estimate of drug-likeness (QED) is 0.490. The smallest absolute Gasteiger partial charge is 0.165 e. The molecule has 0 atom stereocenters. The number of hydrogen-bond donors (Lipinski definition) is 0. The van der Waals surface area contributed by atoms with Crippen molar-refractivity contribution in [2.45, 2.75) is 26.4 Å². The number of aryl methyl sites for hydroxylation is 1. The van der Waals surface area contributed by atoms with Gasteiger partial charge in [-0.3, -0.25) is 0 Å². The summed E-state index contributed by atoms with van der Waals surface area (Å²) in [5.41, 5.74) is 1.48. The van der Waals surface area contributed by atoms with E-state index in [1.54, 1.807) is 18.2 Å². The third-order valence-corrected chi connectivity index (χ3v) is 4.16. The molecule has 5 heteroatoms. The summed E-state index contributed by atoms with van der Waals surface area (Å²) in [7, 11) is 0. The minimum Gasteiger partial charge on any atom is -0.486 e. The maximum Gasteiger partial charge on any atom is 0.165 e. The van der Waals surface area contributed by atoms with Crippen molar-refractivity contribution in [1.82, 2.24) is 0 Å². The van der Waals surface area contributed by atoms with E-state index in [1.807, 2.05) is 18.2 Å². The van der Waals surface area contributed by atoms with Crippen molar-refractivity contribution < 1.29 is 23.0 Å². The number of carbonyl (C=O) groups is 1. The molecule has 0 aliphatic carbocycles. The number of ketones is 1. The highest BCUT2D eigenvalue weighted by Crippen LogP contribution is 2.27. The van der Waals surface area contributed by atoms with Crippen LogP contribution in [0, 0.1) is 11.6 Å². The van der Waals surface area contributed by atoms with Crippen LogP contribution in [0.15, 0.2) is 66.7 Å². The van der Waals surface area contributed by atoms with Crippen LogP contribution in [-0.4, -0.2) is 5.78 Å². The van der Waals surface area contributed by atoms with Gasteiger partial charge in [-0.05, 0) is 61.4 Å². The Kier molecular flexibility index (Phi) is 6.37. The van der Waals surface area contributed by atoms with E-state index >= 15 is 0 Å². The minimum absolute atomic E-state index is 0.0681. The summed E-state index contributed by atoms with van der Waals surface area (Å²) >= 11 is 0. The van der Waals surface area contributed by atoms with Crippen LogP contribution in [0.1, 0.15) is 24.5 Å². The van der Waals surface area contributed by atoms with E-state index in [0.29, 0.717) is 24.3 Å².